The second kappa shape index (κ2) is 10.9. The zero-order chi connectivity index (χ0) is 25.0. The van der Waals surface area contributed by atoms with Gasteiger partial charge in [0.15, 0.2) is 0 Å². The predicted octanol–water partition coefficient (Wildman–Crippen LogP) is 3.38. The Labute approximate surface area is 207 Å². The molecule has 0 spiro atoms. The Morgan fingerprint density at radius 1 is 1.06 bits per heavy atom. The summed E-state index contributed by atoms with van der Waals surface area (Å²) in [6.45, 7) is 5.33. The molecule has 3 atom stereocenters. The fraction of sp³-hybridized carbons (Fsp3) is 0.500. The highest BCUT2D eigenvalue weighted by molar-refractivity contribution is 5.80. The Morgan fingerprint density at radius 2 is 1.66 bits per heavy atom. The van der Waals surface area contributed by atoms with Crippen LogP contribution in [0.15, 0.2) is 60.7 Å². The largest absolute Gasteiger partial charge is 0.464 e. The lowest BCUT2D eigenvalue weighted by molar-refractivity contribution is -0.185. The van der Waals surface area contributed by atoms with Crippen molar-refractivity contribution in [3.8, 4) is 0 Å². The van der Waals surface area contributed by atoms with E-state index < -0.39 is 23.8 Å². The standard InChI is InChI=1S/C28H36N2O5/c1-20(2)19-34-26(31)24-17-23(35-27(32)28(33)15-10-16-29(28)3)18-30(24)25(21-11-6-4-7-12-21)22-13-8-5-9-14-22/h4-9,11-14,20,23-25,33H,10,15-19H2,1-3H3/t23?,24-,28+/m0/s1. The fourth-order valence-electron chi connectivity index (χ4n) is 5.06. The van der Waals surface area contributed by atoms with E-state index in [-0.39, 0.29) is 17.9 Å². The zero-order valence-corrected chi connectivity index (χ0v) is 20.8. The minimum absolute atomic E-state index is 0.213. The minimum atomic E-state index is -1.61. The number of ether oxygens (including phenoxy) is 2. The number of esters is 2. The summed E-state index contributed by atoms with van der Waals surface area (Å²) >= 11 is 0. The Bertz CT molecular complexity index is 959. The second-order valence-electron chi connectivity index (χ2n) is 10.1. The molecule has 2 aromatic carbocycles. The van der Waals surface area contributed by atoms with Gasteiger partial charge in [-0.05, 0) is 30.5 Å². The number of likely N-dealkylation sites (N-methyl/N-ethyl adjacent to an activating group) is 1. The quantitative estimate of drug-likeness (QED) is 0.581. The first-order valence-electron chi connectivity index (χ1n) is 12.5. The monoisotopic (exact) mass is 480 g/mol. The maximum atomic E-state index is 13.3. The molecule has 2 heterocycles. The first-order valence-corrected chi connectivity index (χ1v) is 12.5. The molecule has 0 bridgehead atoms. The lowest BCUT2D eigenvalue weighted by atomic mass is 9.96. The highest BCUT2D eigenvalue weighted by Crippen LogP contribution is 2.37. The molecule has 0 aromatic heterocycles. The summed E-state index contributed by atoms with van der Waals surface area (Å²) in [7, 11) is 1.72. The summed E-state index contributed by atoms with van der Waals surface area (Å²) in [4.78, 5) is 30.0. The summed E-state index contributed by atoms with van der Waals surface area (Å²) < 4.78 is 11.5. The highest BCUT2D eigenvalue weighted by Gasteiger charge is 2.49. The van der Waals surface area contributed by atoms with E-state index in [0.717, 1.165) is 17.5 Å². The van der Waals surface area contributed by atoms with Gasteiger partial charge in [-0.15, -0.1) is 0 Å². The molecule has 7 heteroatoms. The molecule has 188 valence electrons. The van der Waals surface area contributed by atoms with Crippen LogP contribution in [0.4, 0.5) is 0 Å². The van der Waals surface area contributed by atoms with E-state index in [1.54, 1.807) is 11.9 Å². The minimum Gasteiger partial charge on any atom is -0.464 e. The molecule has 0 saturated carbocycles. The molecule has 4 rings (SSSR count). The second-order valence-corrected chi connectivity index (χ2v) is 10.1. The van der Waals surface area contributed by atoms with Crippen LogP contribution >= 0.6 is 0 Å². The van der Waals surface area contributed by atoms with Gasteiger partial charge in [-0.3, -0.25) is 14.6 Å². The average Bonchev–Trinajstić information content (AvgIpc) is 3.42. The summed E-state index contributed by atoms with van der Waals surface area (Å²) in [5.74, 6) is -0.742. The van der Waals surface area contributed by atoms with Crippen molar-refractivity contribution in [2.45, 2.75) is 57.0 Å². The molecule has 0 radical (unpaired) electrons. The van der Waals surface area contributed by atoms with Crippen molar-refractivity contribution in [1.29, 1.82) is 0 Å². The third kappa shape index (κ3) is 5.58. The zero-order valence-electron chi connectivity index (χ0n) is 20.8. The van der Waals surface area contributed by atoms with Gasteiger partial charge in [0.2, 0.25) is 5.72 Å². The topological polar surface area (TPSA) is 79.3 Å². The maximum Gasteiger partial charge on any atom is 0.354 e. The molecular weight excluding hydrogens is 444 g/mol. The van der Waals surface area contributed by atoms with Crippen molar-refractivity contribution in [3.63, 3.8) is 0 Å². The Balaban J connectivity index is 1.63. The van der Waals surface area contributed by atoms with E-state index >= 15 is 0 Å². The Morgan fingerprint density at radius 3 is 2.17 bits per heavy atom. The first kappa shape index (κ1) is 25.4. The van der Waals surface area contributed by atoms with Crippen LogP contribution in [0.2, 0.25) is 0 Å². The van der Waals surface area contributed by atoms with Crippen molar-refractivity contribution in [1.82, 2.24) is 9.80 Å². The third-order valence-corrected chi connectivity index (χ3v) is 6.95. The van der Waals surface area contributed by atoms with Crippen LogP contribution in [0, 0.1) is 5.92 Å². The number of hydrogen-bond acceptors (Lipinski definition) is 7. The number of carbonyl (C=O) groups is 2. The molecule has 2 aromatic rings. The Hall–Kier alpha value is -2.74. The number of rotatable bonds is 8. The van der Waals surface area contributed by atoms with Crippen LogP contribution in [-0.2, 0) is 19.1 Å². The van der Waals surface area contributed by atoms with Gasteiger partial charge in [0.1, 0.15) is 12.1 Å². The number of hydrogen-bond donors (Lipinski definition) is 1. The number of carbonyl (C=O) groups excluding carboxylic acids is 2. The molecule has 2 aliphatic heterocycles. The van der Waals surface area contributed by atoms with Crippen LogP contribution in [0.1, 0.15) is 50.3 Å². The van der Waals surface area contributed by atoms with Gasteiger partial charge in [-0.1, -0.05) is 74.5 Å². The van der Waals surface area contributed by atoms with E-state index in [4.69, 9.17) is 9.47 Å². The summed E-state index contributed by atoms with van der Waals surface area (Å²) in [6, 6.07) is 19.3. The SMILES string of the molecule is CC(C)COC(=O)[C@@H]1CC(OC(=O)[C@]2(O)CCCN2C)CN1C(c1ccccc1)c1ccccc1. The number of likely N-dealkylation sites (tertiary alicyclic amines) is 2. The molecule has 2 aliphatic rings. The van der Waals surface area contributed by atoms with Gasteiger partial charge in [-0.25, -0.2) is 4.79 Å². The molecule has 1 unspecified atom stereocenters. The molecule has 7 nitrogen and oxygen atoms in total. The van der Waals surface area contributed by atoms with Gasteiger partial charge in [0, 0.05) is 25.9 Å². The van der Waals surface area contributed by atoms with E-state index in [1.807, 2.05) is 74.5 Å². The van der Waals surface area contributed by atoms with E-state index in [2.05, 4.69) is 4.90 Å². The van der Waals surface area contributed by atoms with Gasteiger partial charge >= 0.3 is 11.9 Å². The van der Waals surface area contributed by atoms with Gasteiger partial charge in [-0.2, -0.15) is 0 Å². The molecule has 1 N–H and O–H groups in total. The average molecular weight is 481 g/mol. The van der Waals surface area contributed by atoms with Crippen LogP contribution in [0.3, 0.4) is 0 Å². The van der Waals surface area contributed by atoms with Gasteiger partial charge < -0.3 is 14.6 Å². The van der Waals surface area contributed by atoms with Crippen molar-refractivity contribution in [2.24, 2.45) is 5.92 Å². The highest BCUT2D eigenvalue weighted by atomic mass is 16.6. The lowest BCUT2D eigenvalue weighted by Crippen LogP contribution is -2.50. The maximum absolute atomic E-state index is 13.3. The van der Waals surface area contributed by atoms with Gasteiger partial charge in [0.05, 0.1) is 12.6 Å². The van der Waals surface area contributed by atoms with Crippen molar-refractivity contribution < 1.29 is 24.2 Å². The van der Waals surface area contributed by atoms with E-state index in [1.165, 1.54) is 0 Å². The van der Waals surface area contributed by atoms with Crippen LogP contribution in [0.5, 0.6) is 0 Å². The van der Waals surface area contributed by atoms with E-state index in [0.29, 0.717) is 32.5 Å². The number of aliphatic hydroxyl groups is 1. The van der Waals surface area contributed by atoms with Crippen molar-refractivity contribution in [3.05, 3.63) is 71.8 Å². The molecule has 0 amide bonds. The lowest BCUT2D eigenvalue weighted by Gasteiger charge is -2.33. The van der Waals surface area contributed by atoms with E-state index in [9.17, 15) is 14.7 Å². The predicted molar refractivity (Wildman–Crippen MR) is 132 cm³/mol. The Kier molecular flexibility index (Phi) is 7.89. The molecule has 2 saturated heterocycles. The van der Waals surface area contributed by atoms with Crippen LogP contribution in [0.25, 0.3) is 0 Å². The molecule has 0 aliphatic carbocycles. The summed E-state index contributed by atoms with van der Waals surface area (Å²) in [5.41, 5.74) is 0.474. The van der Waals surface area contributed by atoms with Crippen LogP contribution in [-0.4, -0.2) is 71.5 Å². The normalized spacial score (nSPS) is 25.3. The van der Waals surface area contributed by atoms with Crippen molar-refractivity contribution >= 4 is 11.9 Å². The molecular formula is C28H36N2O5. The number of nitrogens with zero attached hydrogens (tertiary/aromatic N) is 2. The molecule has 35 heavy (non-hydrogen) atoms. The smallest absolute Gasteiger partial charge is 0.354 e. The summed E-state index contributed by atoms with van der Waals surface area (Å²) in [5, 5.41) is 10.9. The van der Waals surface area contributed by atoms with Crippen LogP contribution < -0.4 is 0 Å². The fourth-order valence-corrected chi connectivity index (χ4v) is 5.06. The van der Waals surface area contributed by atoms with Gasteiger partial charge in [0.25, 0.3) is 0 Å². The third-order valence-electron chi connectivity index (χ3n) is 6.95. The summed E-state index contributed by atoms with van der Waals surface area (Å²) in [6.07, 6.45) is 0.855. The first-order chi connectivity index (χ1) is 16.8. The number of benzene rings is 2. The van der Waals surface area contributed by atoms with Crippen molar-refractivity contribution in [2.75, 3.05) is 26.7 Å². The molecule has 2 fully saturated rings.